The SMILES string of the molecule is COCCOc1ccc(CNC(CC(C)C)C(=O)O)cc1. The first kappa shape index (κ1) is 17.5. The van der Waals surface area contributed by atoms with Crippen LogP contribution in [0.15, 0.2) is 24.3 Å². The molecule has 5 heteroatoms. The predicted octanol–water partition coefficient (Wildman–Crippen LogP) is 2.30. The Kier molecular flexibility index (Phi) is 7.79. The van der Waals surface area contributed by atoms with Crippen molar-refractivity contribution in [3.63, 3.8) is 0 Å². The number of ether oxygens (including phenoxy) is 2. The van der Waals surface area contributed by atoms with Gasteiger partial charge in [0.2, 0.25) is 0 Å². The number of carboxylic acid groups (broad SMARTS) is 1. The van der Waals surface area contributed by atoms with Crippen LogP contribution in [0.4, 0.5) is 0 Å². The summed E-state index contributed by atoms with van der Waals surface area (Å²) in [6, 6.07) is 7.12. The van der Waals surface area contributed by atoms with Crippen molar-refractivity contribution in [2.45, 2.75) is 32.9 Å². The summed E-state index contributed by atoms with van der Waals surface area (Å²) in [5.41, 5.74) is 1.03. The van der Waals surface area contributed by atoms with E-state index in [1.165, 1.54) is 0 Å². The molecule has 5 nitrogen and oxygen atoms in total. The maximum atomic E-state index is 11.2. The van der Waals surface area contributed by atoms with E-state index in [0.717, 1.165) is 11.3 Å². The molecule has 0 bridgehead atoms. The van der Waals surface area contributed by atoms with Crippen LogP contribution in [0.3, 0.4) is 0 Å². The molecule has 1 unspecified atom stereocenters. The van der Waals surface area contributed by atoms with E-state index < -0.39 is 12.0 Å². The number of nitrogens with one attached hydrogen (secondary N) is 1. The van der Waals surface area contributed by atoms with Gasteiger partial charge in [-0.3, -0.25) is 4.79 Å². The molecule has 0 fully saturated rings. The van der Waals surface area contributed by atoms with E-state index in [9.17, 15) is 9.90 Å². The standard InChI is InChI=1S/C16H25NO4/c1-12(2)10-15(16(18)19)17-11-13-4-6-14(7-5-13)21-9-8-20-3/h4-7,12,15,17H,8-11H2,1-3H3,(H,18,19). The van der Waals surface area contributed by atoms with Crippen LogP contribution in [-0.4, -0.2) is 37.4 Å². The average molecular weight is 295 g/mol. The lowest BCUT2D eigenvalue weighted by Gasteiger charge is -2.16. The summed E-state index contributed by atoms with van der Waals surface area (Å²) in [6.07, 6.45) is 0.619. The number of hydrogen-bond donors (Lipinski definition) is 2. The largest absolute Gasteiger partial charge is 0.491 e. The summed E-state index contributed by atoms with van der Waals surface area (Å²) >= 11 is 0. The Morgan fingerprint density at radius 1 is 1.24 bits per heavy atom. The fraction of sp³-hybridized carbons (Fsp3) is 0.562. The summed E-state index contributed by atoms with van der Waals surface area (Å²) in [4.78, 5) is 11.2. The van der Waals surface area contributed by atoms with Crippen molar-refractivity contribution in [3.05, 3.63) is 29.8 Å². The van der Waals surface area contributed by atoms with Crippen molar-refractivity contribution < 1.29 is 19.4 Å². The van der Waals surface area contributed by atoms with E-state index in [1.54, 1.807) is 7.11 Å². The van der Waals surface area contributed by atoms with E-state index in [2.05, 4.69) is 5.32 Å². The molecule has 1 rings (SSSR count). The van der Waals surface area contributed by atoms with Crippen LogP contribution < -0.4 is 10.1 Å². The number of methoxy groups -OCH3 is 1. The Morgan fingerprint density at radius 2 is 1.90 bits per heavy atom. The minimum absolute atomic E-state index is 0.343. The molecule has 118 valence electrons. The minimum atomic E-state index is -0.803. The molecule has 0 saturated heterocycles. The molecule has 0 spiro atoms. The highest BCUT2D eigenvalue weighted by Gasteiger charge is 2.17. The molecule has 0 radical (unpaired) electrons. The lowest BCUT2D eigenvalue weighted by Crippen LogP contribution is -2.37. The predicted molar refractivity (Wildman–Crippen MR) is 81.5 cm³/mol. The first-order valence-electron chi connectivity index (χ1n) is 7.19. The number of aliphatic carboxylic acids is 1. The molecular formula is C16H25NO4. The Morgan fingerprint density at radius 3 is 2.43 bits per heavy atom. The Hall–Kier alpha value is -1.59. The van der Waals surface area contributed by atoms with Gasteiger partial charge in [-0.2, -0.15) is 0 Å². The number of carboxylic acids is 1. The zero-order valence-corrected chi connectivity index (χ0v) is 13.0. The van der Waals surface area contributed by atoms with Gasteiger partial charge in [0.05, 0.1) is 6.61 Å². The molecule has 0 aromatic heterocycles. The van der Waals surface area contributed by atoms with Gasteiger partial charge < -0.3 is 19.9 Å². The van der Waals surface area contributed by atoms with Gasteiger partial charge in [0.1, 0.15) is 18.4 Å². The number of rotatable bonds is 10. The minimum Gasteiger partial charge on any atom is -0.491 e. The van der Waals surface area contributed by atoms with Gasteiger partial charge in [0.15, 0.2) is 0 Å². The molecular weight excluding hydrogens is 270 g/mol. The van der Waals surface area contributed by atoms with Crippen molar-refractivity contribution in [2.24, 2.45) is 5.92 Å². The van der Waals surface area contributed by atoms with Gasteiger partial charge in [0, 0.05) is 13.7 Å². The second-order valence-electron chi connectivity index (χ2n) is 5.39. The van der Waals surface area contributed by atoms with Crippen LogP contribution in [-0.2, 0) is 16.1 Å². The first-order valence-corrected chi connectivity index (χ1v) is 7.19. The zero-order valence-electron chi connectivity index (χ0n) is 13.0. The summed E-state index contributed by atoms with van der Waals surface area (Å²) in [6.45, 7) is 5.64. The molecule has 21 heavy (non-hydrogen) atoms. The van der Waals surface area contributed by atoms with Crippen LogP contribution in [0, 0.1) is 5.92 Å². The van der Waals surface area contributed by atoms with E-state index in [0.29, 0.717) is 32.1 Å². The van der Waals surface area contributed by atoms with Crippen molar-refractivity contribution >= 4 is 5.97 Å². The lowest BCUT2D eigenvalue weighted by molar-refractivity contribution is -0.140. The van der Waals surface area contributed by atoms with Crippen molar-refractivity contribution in [1.82, 2.24) is 5.32 Å². The molecule has 1 aromatic rings. The van der Waals surface area contributed by atoms with Gasteiger partial charge in [-0.05, 0) is 30.0 Å². The Bertz CT molecular complexity index is 417. The smallest absolute Gasteiger partial charge is 0.320 e. The molecule has 0 heterocycles. The van der Waals surface area contributed by atoms with Crippen molar-refractivity contribution in [2.75, 3.05) is 20.3 Å². The summed E-state index contributed by atoms with van der Waals surface area (Å²) in [5.74, 6) is 0.325. The van der Waals surface area contributed by atoms with E-state index >= 15 is 0 Å². The molecule has 1 atom stereocenters. The fourth-order valence-electron chi connectivity index (χ4n) is 1.93. The number of hydrogen-bond acceptors (Lipinski definition) is 4. The maximum absolute atomic E-state index is 11.2. The van der Waals surface area contributed by atoms with Gasteiger partial charge in [-0.15, -0.1) is 0 Å². The van der Waals surface area contributed by atoms with Crippen LogP contribution in [0.25, 0.3) is 0 Å². The second kappa shape index (κ2) is 9.37. The van der Waals surface area contributed by atoms with Gasteiger partial charge in [0.25, 0.3) is 0 Å². The maximum Gasteiger partial charge on any atom is 0.320 e. The van der Waals surface area contributed by atoms with Crippen LogP contribution in [0.2, 0.25) is 0 Å². The van der Waals surface area contributed by atoms with Crippen LogP contribution in [0.5, 0.6) is 5.75 Å². The van der Waals surface area contributed by atoms with Gasteiger partial charge in [-0.25, -0.2) is 0 Å². The zero-order chi connectivity index (χ0) is 15.7. The molecule has 0 aliphatic rings. The van der Waals surface area contributed by atoms with Gasteiger partial charge >= 0.3 is 5.97 Å². The third-order valence-electron chi connectivity index (χ3n) is 3.04. The Balaban J connectivity index is 2.45. The lowest BCUT2D eigenvalue weighted by atomic mass is 10.0. The van der Waals surface area contributed by atoms with Gasteiger partial charge in [-0.1, -0.05) is 26.0 Å². The molecule has 0 amide bonds. The molecule has 0 saturated carbocycles. The second-order valence-corrected chi connectivity index (χ2v) is 5.39. The highest BCUT2D eigenvalue weighted by Crippen LogP contribution is 2.13. The van der Waals surface area contributed by atoms with Crippen molar-refractivity contribution in [1.29, 1.82) is 0 Å². The summed E-state index contributed by atoms with van der Waals surface area (Å²) in [5, 5.41) is 12.2. The molecule has 1 aromatic carbocycles. The topological polar surface area (TPSA) is 67.8 Å². The average Bonchev–Trinajstić information content (AvgIpc) is 2.44. The van der Waals surface area contributed by atoms with Crippen molar-refractivity contribution in [3.8, 4) is 5.75 Å². The highest BCUT2D eigenvalue weighted by atomic mass is 16.5. The number of carbonyl (C=O) groups is 1. The van der Waals surface area contributed by atoms with E-state index in [4.69, 9.17) is 9.47 Å². The Labute approximate surface area is 126 Å². The first-order chi connectivity index (χ1) is 10.0. The normalized spacial score (nSPS) is 12.4. The molecule has 0 aliphatic carbocycles. The fourth-order valence-corrected chi connectivity index (χ4v) is 1.93. The van der Waals surface area contributed by atoms with Crippen LogP contribution >= 0.6 is 0 Å². The summed E-state index contributed by atoms with van der Waals surface area (Å²) in [7, 11) is 1.63. The summed E-state index contributed by atoms with van der Waals surface area (Å²) < 4.78 is 10.4. The molecule has 2 N–H and O–H groups in total. The van der Waals surface area contributed by atoms with Crippen LogP contribution in [0.1, 0.15) is 25.8 Å². The third-order valence-corrected chi connectivity index (χ3v) is 3.04. The third kappa shape index (κ3) is 7.11. The highest BCUT2D eigenvalue weighted by molar-refractivity contribution is 5.73. The van der Waals surface area contributed by atoms with E-state index in [1.807, 2.05) is 38.1 Å². The molecule has 0 aliphatic heterocycles. The van der Waals surface area contributed by atoms with E-state index in [-0.39, 0.29) is 0 Å². The number of benzene rings is 1. The quantitative estimate of drug-likeness (QED) is 0.648. The monoisotopic (exact) mass is 295 g/mol.